The molecule has 5 rings (SSSR count). The highest BCUT2D eigenvalue weighted by molar-refractivity contribution is 7.81. The number of carboxylic acids is 1. The van der Waals surface area contributed by atoms with E-state index in [2.05, 4.69) is 16.3 Å². The largest absolute Gasteiger partial charge is 0.488 e. The van der Waals surface area contributed by atoms with Crippen LogP contribution in [0.5, 0.6) is 5.75 Å². The Hall–Kier alpha value is -4.12. The number of fused-ring (bicyclic) bond motifs is 3. The maximum absolute atomic E-state index is 13.0. The van der Waals surface area contributed by atoms with Crippen LogP contribution in [0.4, 0.5) is 14.4 Å². The summed E-state index contributed by atoms with van der Waals surface area (Å²) in [7, 11) is -5.32. The molecule has 1 N–H and O–H groups in total. The first kappa shape index (κ1) is 24.6. The Kier molecular flexibility index (Phi) is 6.46. The molecule has 1 amide bonds. The van der Waals surface area contributed by atoms with Crippen LogP contribution in [0.1, 0.15) is 27.4 Å². The van der Waals surface area contributed by atoms with Crippen LogP contribution in [0.2, 0.25) is 0 Å². The number of piperazine rings is 1. The number of benzene rings is 3. The third-order valence-corrected chi connectivity index (χ3v) is 6.96. The Morgan fingerprint density at radius 1 is 0.919 bits per heavy atom. The molecule has 0 saturated carbocycles. The van der Waals surface area contributed by atoms with Crippen molar-refractivity contribution in [2.75, 3.05) is 37.7 Å². The second-order valence-corrected chi connectivity index (χ2v) is 9.73. The Balaban J connectivity index is 1.23. The van der Waals surface area contributed by atoms with Gasteiger partial charge in [-0.3, -0.25) is 0 Å². The van der Waals surface area contributed by atoms with Crippen molar-refractivity contribution in [3.05, 3.63) is 83.4 Å². The number of carboxylic acid groups (broad SMARTS) is 1. The fraction of sp³-hybridized carbons (Fsp3) is 0.231. The number of ether oxygens (including phenoxy) is 1. The summed E-state index contributed by atoms with van der Waals surface area (Å²) in [6, 6.07) is 19.6. The topological polar surface area (TPSA) is 113 Å². The second-order valence-electron chi connectivity index (χ2n) is 8.78. The van der Waals surface area contributed by atoms with Crippen LogP contribution in [0, 0.1) is 0 Å². The molecule has 3 aromatic carbocycles. The van der Waals surface area contributed by atoms with E-state index in [9.17, 15) is 27.0 Å². The van der Waals surface area contributed by atoms with E-state index < -0.39 is 28.3 Å². The average Bonchev–Trinajstić information content (AvgIpc) is 3.20. The van der Waals surface area contributed by atoms with E-state index in [0.29, 0.717) is 31.9 Å². The lowest BCUT2D eigenvalue weighted by molar-refractivity contribution is 0.0696. The number of rotatable bonds is 6. The van der Waals surface area contributed by atoms with Gasteiger partial charge in [-0.05, 0) is 34.4 Å². The van der Waals surface area contributed by atoms with E-state index in [4.69, 9.17) is 4.74 Å². The van der Waals surface area contributed by atoms with Crippen molar-refractivity contribution in [3.8, 4) is 16.9 Å². The second kappa shape index (κ2) is 9.74. The van der Waals surface area contributed by atoms with E-state index in [0.717, 1.165) is 28.3 Å². The van der Waals surface area contributed by atoms with Crippen molar-refractivity contribution in [2.45, 2.75) is 5.92 Å². The van der Waals surface area contributed by atoms with Crippen molar-refractivity contribution in [3.63, 3.8) is 0 Å². The first-order chi connectivity index (χ1) is 17.7. The highest BCUT2D eigenvalue weighted by Crippen LogP contribution is 2.44. The predicted octanol–water partition coefficient (Wildman–Crippen LogP) is 4.05. The third kappa shape index (κ3) is 5.21. The molecule has 11 heteroatoms. The Morgan fingerprint density at radius 2 is 1.51 bits per heavy atom. The highest BCUT2D eigenvalue weighted by atomic mass is 32.3. The summed E-state index contributed by atoms with van der Waals surface area (Å²) in [4.78, 5) is 27.6. The van der Waals surface area contributed by atoms with Gasteiger partial charge < -0.3 is 23.8 Å². The van der Waals surface area contributed by atoms with Gasteiger partial charge in [-0.25, -0.2) is 9.59 Å². The summed E-state index contributed by atoms with van der Waals surface area (Å²) >= 11 is 0. The lowest BCUT2D eigenvalue weighted by Gasteiger charge is -2.35. The van der Waals surface area contributed by atoms with Crippen LogP contribution in [-0.2, 0) is 15.2 Å². The number of halogens is 1. The molecule has 0 radical (unpaired) electrons. The average molecular weight is 527 g/mol. The standard InChI is InChI=1S/C26H23FN2O7S/c27-37(33,34)36-19-14-17(25(30)31)13-18(15-19)28-9-11-29(12-10-28)26(32)35-16-24-22-7-3-1-5-20(22)21-6-2-4-8-23(21)24/h1-8,13-15,24H,9-12,16H2,(H,30,31). The minimum atomic E-state index is -5.32. The number of nitrogens with zero attached hydrogens (tertiary/aromatic N) is 2. The predicted molar refractivity (Wildman–Crippen MR) is 133 cm³/mol. The van der Waals surface area contributed by atoms with Crippen LogP contribution >= 0.6 is 0 Å². The number of hydrogen-bond acceptors (Lipinski definition) is 7. The third-order valence-electron chi connectivity index (χ3n) is 6.57. The van der Waals surface area contributed by atoms with Crippen molar-refractivity contribution in [1.29, 1.82) is 0 Å². The number of aromatic carboxylic acids is 1. The van der Waals surface area contributed by atoms with Crippen molar-refractivity contribution in [2.24, 2.45) is 0 Å². The first-order valence-corrected chi connectivity index (χ1v) is 12.9. The summed E-state index contributed by atoms with van der Waals surface area (Å²) < 4.78 is 44.7. The van der Waals surface area contributed by atoms with Gasteiger partial charge in [0.1, 0.15) is 12.4 Å². The number of hydrogen-bond donors (Lipinski definition) is 1. The summed E-state index contributed by atoms with van der Waals surface area (Å²) in [6.07, 6.45) is -0.451. The van der Waals surface area contributed by atoms with Crippen molar-refractivity contribution >= 4 is 28.3 Å². The summed E-state index contributed by atoms with van der Waals surface area (Å²) in [6.45, 7) is 1.45. The van der Waals surface area contributed by atoms with Crippen LogP contribution in [-0.4, -0.2) is 63.3 Å². The van der Waals surface area contributed by atoms with E-state index >= 15 is 0 Å². The van der Waals surface area contributed by atoms with Gasteiger partial charge in [-0.1, -0.05) is 52.4 Å². The van der Waals surface area contributed by atoms with Gasteiger partial charge in [-0.15, -0.1) is 0 Å². The molecule has 0 spiro atoms. The van der Waals surface area contributed by atoms with E-state index in [1.807, 2.05) is 36.4 Å². The van der Waals surface area contributed by atoms with Crippen LogP contribution < -0.4 is 9.08 Å². The van der Waals surface area contributed by atoms with Gasteiger partial charge in [0.2, 0.25) is 0 Å². The smallest absolute Gasteiger partial charge is 0.478 e. The molecule has 0 aromatic heterocycles. The molecule has 0 atom stereocenters. The molecular formula is C26H23FN2O7S. The van der Waals surface area contributed by atoms with Gasteiger partial charge in [0.25, 0.3) is 0 Å². The Bertz CT molecular complexity index is 1420. The molecule has 0 bridgehead atoms. The molecule has 1 heterocycles. The number of anilines is 1. The molecular weight excluding hydrogens is 503 g/mol. The molecule has 1 saturated heterocycles. The zero-order chi connectivity index (χ0) is 26.2. The van der Waals surface area contributed by atoms with Gasteiger partial charge in [0.05, 0.1) is 5.56 Å². The SMILES string of the molecule is O=C(O)c1cc(OS(=O)(=O)F)cc(N2CCN(C(=O)OCC3c4ccccc4-c4ccccc43)CC2)c1. The maximum atomic E-state index is 13.0. The molecule has 192 valence electrons. The normalized spacial score (nSPS) is 15.2. The quantitative estimate of drug-likeness (QED) is 0.479. The van der Waals surface area contributed by atoms with Gasteiger partial charge in [0, 0.05) is 43.9 Å². The van der Waals surface area contributed by atoms with Crippen molar-refractivity contribution < 1.29 is 35.9 Å². The maximum Gasteiger partial charge on any atom is 0.488 e. The van der Waals surface area contributed by atoms with Gasteiger partial charge in [-0.2, -0.15) is 8.42 Å². The molecule has 37 heavy (non-hydrogen) atoms. The fourth-order valence-electron chi connectivity index (χ4n) is 4.88. The lowest BCUT2D eigenvalue weighted by Crippen LogP contribution is -2.49. The Labute approximate surface area is 213 Å². The molecule has 9 nitrogen and oxygen atoms in total. The lowest BCUT2D eigenvalue weighted by atomic mass is 9.98. The summed E-state index contributed by atoms with van der Waals surface area (Å²) in [5.41, 5.74) is 4.60. The Morgan fingerprint density at radius 3 is 2.08 bits per heavy atom. The minimum absolute atomic E-state index is 0.0541. The van der Waals surface area contributed by atoms with E-state index in [-0.39, 0.29) is 18.1 Å². The fourth-order valence-corrected chi connectivity index (χ4v) is 5.21. The summed E-state index contributed by atoms with van der Waals surface area (Å²) in [5, 5.41) is 9.33. The van der Waals surface area contributed by atoms with Crippen molar-refractivity contribution in [1.82, 2.24) is 4.90 Å². The van der Waals surface area contributed by atoms with E-state index in [1.165, 1.54) is 12.1 Å². The van der Waals surface area contributed by atoms with E-state index in [1.54, 1.807) is 9.80 Å². The molecule has 2 aliphatic rings. The van der Waals surface area contributed by atoms with Crippen LogP contribution in [0.25, 0.3) is 11.1 Å². The molecule has 1 fully saturated rings. The molecule has 1 aliphatic carbocycles. The molecule has 3 aromatic rings. The molecule has 0 unspecified atom stereocenters. The first-order valence-electron chi connectivity index (χ1n) is 11.6. The molecule has 1 aliphatic heterocycles. The summed E-state index contributed by atoms with van der Waals surface area (Å²) in [5.74, 6) is -1.82. The number of carbonyl (C=O) groups is 2. The zero-order valence-corrected chi connectivity index (χ0v) is 20.4. The monoisotopic (exact) mass is 526 g/mol. The minimum Gasteiger partial charge on any atom is -0.478 e. The number of amides is 1. The highest BCUT2D eigenvalue weighted by Gasteiger charge is 2.30. The zero-order valence-electron chi connectivity index (χ0n) is 19.5. The number of carbonyl (C=O) groups excluding carboxylic acids is 1. The van der Waals surface area contributed by atoms with Crippen LogP contribution in [0.3, 0.4) is 0 Å². The van der Waals surface area contributed by atoms with Crippen LogP contribution in [0.15, 0.2) is 66.7 Å². The van der Waals surface area contributed by atoms with Gasteiger partial charge in [0.15, 0.2) is 0 Å². The van der Waals surface area contributed by atoms with Gasteiger partial charge >= 0.3 is 22.6 Å².